The summed E-state index contributed by atoms with van der Waals surface area (Å²) in [5, 5.41) is 0.0408. The van der Waals surface area contributed by atoms with Crippen LogP contribution in [0, 0.1) is 0 Å². The number of carbonyl (C=O) groups is 2. The van der Waals surface area contributed by atoms with Gasteiger partial charge in [-0.3, -0.25) is 4.79 Å². The van der Waals surface area contributed by atoms with Crippen LogP contribution in [0.4, 0.5) is 0 Å². The van der Waals surface area contributed by atoms with Gasteiger partial charge in [-0.2, -0.15) is 4.31 Å². The average Bonchev–Trinajstić information content (AvgIpc) is 2.87. The summed E-state index contributed by atoms with van der Waals surface area (Å²) < 4.78 is 32.5. The van der Waals surface area contributed by atoms with Crippen LogP contribution in [0.2, 0.25) is 5.02 Å². The minimum Gasteiger partial charge on any atom is -0.452 e. The Kier molecular flexibility index (Phi) is 7.54. The summed E-state index contributed by atoms with van der Waals surface area (Å²) in [5.74, 6) is -1.18. The van der Waals surface area contributed by atoms with Crippen LogP contribution < -0.4 is 0 Å². The quantitative estimate of drug-likeness (QED) is 0.448. The molecule has 0 unspecified atom stereocenters. The normalized spacial score (nSPS) is 13.4. The Morgan fingerprint density at radius 2 is 1.69 bits per heavy atom. The van der Waals surface area contributed by atoms with Crippen molar-refractivity contribution in [1.82, 2.24) is 9.21 Å². The van der Waals surface area contributed by atoms with Gasteiger partial charge in [-0.1, -0.05) is 66.2 Å². The fourth-order valence-electron chi connectivity index (χ4n) is 3.93. The molecule has 0 saturated carbocycles. The molecule has 0 bridgehead atoms. The minimum atomic E-state index is -3.90. The Balaban J connectivity index is 1.42. The Bertz CT molecular complexity index is 1340. The number of ether oxygens (including phenoxy) is 1. The highest BCUT2D eigenvalue weighted by molar-refractivity contribution is 7.89. The number of benzene rings is 3. The number of nitrogens with zero attached hydrogens (tertiary/aromatic N) is 2. The minimum absolute atomic E-state index is 0.0408. The molecule has 0 radical (unpaired) electrons. The highest BCUT2D eigenvalue weighted by atomic mass is 35.5. The SMILES string of the molecule is CN(Cc1ccccc1)S(=O)(=O)c1ccc(Cl)c(C(=O)OCC(=O)N2CCc3ccccc3C2)c1. The van der Waals surface area contributed by atoms with Gasteiger partial charge in [0.2, 0.25) is 10.0 Å². The van der Waals surface area contributed by atoms with Crippen LogP contribution in [-0.2, 0) is 39.1 Å². The van der Waals surface area contributed by atoms with Crippen molar-refractivity contribution < 1.29 is 22.7 Å². The molecular weight excluding hydrogens is 488 g/mol. The highest BCUT2D eigenvalue weighted by Crippen LogP contribution is 2.24. The Morgan fingerprint density at radius 1 is 1.00 bits per heavy atom. The first-order valence-electron chi connectivity index (χ1n) is 11.1. The maximum absolute atomic E-state index is 13.1. The molecule has 0 aliphatic carbocycles. The van der Waals surface area contributed by atoms with E-state index in [4.69, 9.17) is 16.3 Å². The lowest BCUT2D eigenvalue weighted by Crippen LogP contribution is -2.38. The van der Waals surface area contributed by atoms with Crippen molar-refractivity contribution in [2.24, 2.45) is 0 Å². The van der Waals surface area contributed by atoms with Crippen molar-refractivity contribution in [1.29, 1.82) is 0 Å². The molecule has 9 heteroatoms. The van der Waals surface area contributed by atoms with Crippen molar-refractivity contribution in [3.63, 3.8) is 0 Å². The summed E-state index contributed by atoms with van der Waals surface area (Å²) >= 11 is 6.17. The maximum Gasteiger partial charge on any atom is 0.340 e. The number of esters is 1. The van der Waals surface area contributed by atoms with Gasteiger partial charge < -0.3 is 9.64 Å². The van der Waals surface area contributed by atoms with Crippen molar-refractivity contribution in [3.05, 3.63) is 100 Å². The van der Waals surface area contributed by atoms with E-state index in [9.17, 15) is 18.0 Å². The van der Waals surface area contributed by atoms with Gasteiger partial charge in [-0.25, -0.2) is 13.2 Å². The van der Waals surface area contributed by atoms with Gasteiger partial charge in [0.1, 0.15) is 0 Å². The number of sulfonamides is 1. The maximum atomic E-state index is 13.1. The summed E-state index contributed by atoms with van der Waals surface area (Å²) in [7, 11) is -2.43. The molecule has 3 aromatic carbocycles. The van der Waals surface area contributed by atoms with Gasteiger partial charge in [-0.05, 0) is 41.3 Å². The summed E-state index contributed by atoms with van der Waals surface area (Å²) in [4.78, 5) is 26.9. The first-order valence-corrected chi connectivity index (χ1v) is 12.9. The van der Waals surface area contributed by atoms with Gasteiger partial charge in [0.25, 0.3) is 5.91 Å². The molecule has 3 aromatic rings. The first kappa shape index (κ1) is 24.9. The molecule has 0 aromatic heterocycles. The van der Waals surface area contributed by atoms with E-state index in [0.717, 1.165) is 17.5 Å². The summed E-state index contributed by atoms with van der Waals surface area (Å²) in [6.45, 7) is 0.700. The molecular formula is C26H25ClN2O5S. The predicted octanol–water partition coefficient (Wildman–Crippen LogP) is 3.90. The molecule has 0 fully saturated rings. The Labute approximate surface area is 209 Å². The number of amides is 1. The molecule has 0 N–H and O–H groups in total. The zero-order valence-corrected chi connectivity index (χ0v) is 20.8. The third-order valence-electron chi connectivity index (χ3n) is 5.92. The number of hydrogen-bond acceptors (Lipinski definition) is 5. The van der Waals surface area contributed by atoms with E-state index >= 15 is 0 Å². The fourth-order valence-corrected chi connectivity index (χ4v) is 5.31. The van der Waals surface area contributed by atoms with Gasteiger partial charge in [0, 0.05) is 26.7 Å². The number of fused-ring (bicyclic) bond motifs is 1. The number of halogens is 1. The lowest BCUT2D eigenvalue weighted by atomic mass is 10.00. The zero-order valence-electron chi connectivity index (χ0n) is 19.2. The smallest absolute Gasteiger partial charge is 0.340 e. The van der Waals surface area contributed by atoms with E-state index in [1.54, 1.807) is 4.90 Å². The predicted molar refractivity (Wildman–Crippen MR) is 132 cm³/mol. The second kappa shape index (κ2) is 10.6. The molecule has 1 aliphatic rings. The number of hydrogen-bond donors (Lipinski definition) is 0. The van der Waals surface area contributed by atoms with Crippen LogP contribution in [0.3, 0.4) is 0 Å². The van der Waals surface area contributed by atoms with Gasteiger partial charge in [-0.15, -0.1) is 0 Å². The lowest BCUT2D eigenvalue weighted by Gasteiger charge is -2.28. The number of carbonyl (C=O) groups excluding carboxylic acids is 2. The molecule has 182 valence electrons. The molecule has 0 atom stereocenters. The first-order chi connectivity index (χ1) is 16.8. The average molecular weight is 513 g/mol. The van der Waals surface area contributed by atoms with E-state index < -0.39 is 22.6 Å². The Morgan fingerprint density at radius 3 is 2.43 bits per heavy atom. The third kappa shape index (κ3) is 5.73. The fraction of sp³-hybridized carbons (Fsp3) is 0.231. The molecule has 7 nitrogen and oxygen atoms in total. The van der Waals surface area contributed by atoms with Gasteiger partial charge >= 0.3 is 5.97 Å². The summed E-state index contributed by atoms with van der Waals surface area (Å²) in [5.41, 5.74) is 2.98. The Hall–Kier alpha value is -3.20. The van der Waals surface area contributed by atoms with Crippen molar-refractivity contribution in [3.8, 4) is 0 Å². The van der Waals surface area contributed by atoms with Gasteiger partial charge in [0.15, 0.2) is 6.61 Å². The number of rotatable bonds is 7. The molecule has 35 heavy (non-hydrogen) atoms. The summed E-state index contributed by atoms with van der Waals surface area (Å²) in [6.07, 6.45) is 0.734. The summed E-state index contributed by atoms with van der Waals surface area (Å²) in [6, 6.07) is 20.9. The second-order valence-corrected chi connectivity index (χ2v) is 10.8. The van der Waals surface area contributed by atoms with Crippen LogP contribution in [-0.4, -0.2) is 49.7 Å². The van der Waals surface area contributed by atoms with E-state index in [2.05, 4.69) is 0 Å². The highest BCUT2D eigenvalue weighted by Gasteiger charge is 2.25. The van der Waals surface area contributed by atoms with Crippen molar-refractivity contribution in [2.75, 3.05) is 20.2 Å². The largest absolute Gasteiger partial charge is 0.452 e. The lowest BCUT2D eigenvalue weighted by molar-refractivity contribution is -0.135. The van der Waals surface area contributed by atoms with E-state index in [0.29, 0.717) is 13.1 Å². The molecule has 0 spiro atoms. The molecule has 1 heterocycles. The topological polar surface area (TPSA) is 84.0 Å². The van der Waals surface area contributed by atoms with E-state index in [-0.39, 0.29) is 27.9 Å². The van der Waals surface area contributed by atoms with E-state index in [1.807, 2.05) is 54.6 Å². The standard InChI is InChI=1S/C26H25ClN2O5S/c1-28(16-19-7-3-2-4-8-19)35(32,33)22-11-12-24(27)23(15-22)26(31)34-18-25(30)29-14-13-20-9-5-6-10-21(20)17-29/h2-12,15H,13-14,16-18H2,1H3. The van der Waals surface area contributed by atoms with Crippen LogP contribution in [0.5, 0.6) is 0 Å². The van der Waals surface area contributed by atoms with E-state index in [1.165, 1.54) is 35.1 Å². The molecule has 0 saturated heterocycles. The second-order valence-electron chi connectivity index (χ2n) is 8.30. The monoisotopic (exact) mass is 512 g/mol. The van der Waals surface area contributed by atoms with Gasteiger partial charge in [0.05, 0.1) is 15.5 Å². The third-order valence-corrected chi connectivity index (χ3v) is 8.05. The molecule has 1 aliphatic heterocycles. The molecule has 4 rings (SSSR count). The van der Waals surface area contributed by atoms with Crippen LogP contribution in [0.1, 0.15) is 27.0 Å². The van der Waals surface area contributed by atoms with Crippen molar-refractivity contribution in [2.45, 2.75) is 24.4 Å². The van der Waals surface area contributed by atoms with Crippen LogP contribution in [0.25, 0.3) is 0 Å². The van der Waals surface area contributed by atoms with Crippen LogP contribution in [0.15, 0.2) is 77.7 Å². The zero-order chi connectivity index (χ0) is 25.0. The molecule has 1 amide bonds. The van der Waals surface area contributed by atoms with Crippen LogP contribution >= 0.6 is 11.6 Å². The van der Waals surface area contributed by atoms with Crippen molar-refractivity contribution >= 4 is 33.5 Å².